The Morgan fingerprint density at radius 3 is 2.75 bits per heavy atom. The third-order valence-corrected chi connectivity index (χ3v) is 4.31. The Morgan fingerprint density at radius 2 is 2.05 bits per heavy atom. The van der Waals surface area contributed by atoms with Crippen LogP contribution in [0, 0.1) is 6.92 Å². The molecule has 2 aromatic rings. The van der Waals surface area contributed by atoms with Gasteiger partial charge < -0.3 is 4.74 Å². The second-order valence-corrected chi connectivity index (χ2v) is 5.91. The summed E-state index contributed by atoms with van der Waals surface area (Å²) in [6.45, 7) is 2.82. The first-order valence-corrected chi connectivity index (χ1v) is 7.22. The predicted octanol–water partition coefficient (Wildman–Crippen LogP) is 3.03. The molecule has 0 spiro atoms. The highest BCUT2D eigenvalue weighted by molar-refractivity contribution is 7.14. The molecule has 1 heterocycles. The number of benzene rings is 1. The van der Waals surface area contributed by atoms with Gasteiger partial charge in [-0.05, 0) is 30.2 Å². The number of nitrogens with one attached hydrogen (secondary N) is 1. The Hall–Kier alpha value is -1.40. The lowest BCUT2D eigenvalue weighted by molar-refractivity contribution is 0.0956. The lowest BCUT2D eigenvalue weighted by Gasteiger charge is -2.05. The van der Waals surface area contributed by atoms with Crippen LogP contribution >= 0.6 is 22.9 Å². The van der Waals surface area contributed by atoms with E-state index in [0.717, 1.165) is 16.0 Å². The van der Waals surface area contributed by atoms with E-state index < -0.39 is 0 Å². The van der Waals surface area contributed by atoms with E-state index in [4.69, 9.17) is 22.2 Å². The molecule has 1 aromatic heterocycles. The van der Waals surface area contributed by atoms with Gasteiger partial charge >= 0.3 is 0 Å². The molecule has 0 aliphatic heterocycles. The molecular weight excluding hydrogens is 296 g/mol. The third kappa shape index (κ3) is 3.58. The predicted molar refractivity (Wildman–Crippen MR) is 80.7 cm³/mol. The SMILES string of the molecule is Cc1sc(C(=O)NN)cc1COCc1ccccc1Cl. The van der Waals surface area contributed by atoms with Crippen LogP contribution < -0.4 is 11.3 Å². The van der Waals surface area contributed by atoms with Crippen LogP contribution in [-0.2, 0) is 18.0 Å². The Kier molecular flexibility index (Phi) is 5.14. The first-order valence-electron chi connectivity index (χ1n) is 6.03. The molecule has 0 aliphatic carbocycles. The van der Waals surface area contributed by atoms with E-state index in [9.17, 15) is 4.79 Å². The van der Waals surface area contributed by atoms with Gasteiger partial charge in [-0.25, -0.2) is 5.84 Å². The van der Waals surface area contributed by atoms with Crippen molar-refractivity contribution in [2.75, 3.05) is 0 Å². The molecule has 2 rings (SSSR count). The average Bonchev–Trinajstić information content (AvgIpc) is 2.81. The zero-order valence-corrected chi connectivity index (χ0v) is 12.6. The zero-order chi connectivity index (χ0) is 14.5. The van der Waals surface area contributed by atoms with E-state index in [0.29, 0.717) is 23.1 Å². The number of carbonyl (C=O) groups is 1. The fourth-order valence-electron chi connectivity index (χ4n) is 1.73. The van der Waals surface area contributed by atoms with E-state index >= 15 is 0 Å². The maximum atomic E-state index is 11.4. The monoisotopic (exact) mass is 310 g/mol. The van der Waals surface area contributed by atoms with Crippen molar-refractivity contribution in [1.29, 1.82) is 0 Å². The highest BCUT2D eigenvalue weighted by Gasteiger charge is 2.11. The van der Waals surface area contributed by atoms with E-state index in [1.807, 2.05) is 31.2 Å². The summed E-state index contributed by atoms with van der Waals surface area (Å²) < 4.78 is 5.65. The number of hydrazine groups is 1. The summed E-state index contributed by atoms with van der Waals surface area (Å²) in [5.41, 5.74) is 4.06. The summed E-state index contributed by atoms with van der Waals surface area (Å²) in [6.07, 6.45) is 0. The number of ether oxygens (including phenoxy) is 1. The van der Waals surface area contributed by atoms with Gasteiger partial charge in [0, 0.05) is 9.90 Å². The maximum absolute atomic E-state index is 11.4. The van der Waals surface area contributed by atoms with Gasteiger partial charge in [-0.15, -0.1) is 11.3 Å². The summed E-state index contributed by atoms with van der Waals surface area (Å²) >= 11 is 7.46. The summed E-state index contributed by atoms with van der Waals surface area (Å²) in [7, 11) is 0. The molecule has 0 atom stereocenters. The summed E-state index contributed by atoms with van der Waals surface area (Å²) in [4.78, 5) is 13.1. The molecule has 0 bridgehead atoms. The second-order valence-electron chi connectivity index (χ2n) is 4.25. The molecule has 1 aromatic carbocycles. The molecule has 0 fully saturated rings. The van der Waals surface area contributed by atoms with E-state index in [1.54, 1.807) is 6.07 Å². The van der Waals surface area contributed by atoms with Crippen molar-refractivity contribution >= 4 is 28.8 Å². The summed E-state index contributed by atoms with van der Waals surface area (Å²) in [6, 6.07) is 9.36. The zero-order valence-electron chi connectivity index (χ0n) is 11.0. The number of aryl methyl sites for hydroxylation is 1. The second kappa shape index (κ2) is 6.85. The van der Waals surface area contributed by atoms with Crippen LogP contribution in [0.25, 0.3) is 0 Å². The van der Waals surface area contributed by atoms with Gasteiger partial charge in [0.25, 0.3) is 5.91 Å². The van der Waals surface area contributed by atoms with Crippen molar-refractivity contribution in [3.05, 3.63) is 56.2 Å². The van der Waals surface area contributed by atoms with E-state index in [2.05, 4.69) is 5.43 Å². The molecule has 0 radical (unpaired) electrons. The molecular formula is C14H15ClN2O2S. The van der Waals surface area contributed by atoms with Gasteiger partial charge in [-0.1, -0.05) is 29.8 Å². The van der Waals surface area contributed by atoms with Crippen molar-refractivity contribution in [2.45, 2.75) is 20.1 Å². The van der Waals surface area contributed by atoms with Crippen molar-refractivity contribution < 1.29 is 9.53 Å². The number of nitrogen functional groups attached to an aromatic ring is 1. The van der Waals surface area contributed by atoms with Gasteiger partial charge in [0.1, 0.15) is 0 Å². The van der Waals surface area contributed by atoms with Gasteiger partial charge in [0.2, 0.25) is 0 Å². The van der Waals surface area contributed by atoms with Gasteiger partial charge in [-0.2, -0.15) is 0 Å². The Morgan fingerprint density at radius 1 is 1.35 bits per heavy atom. The number of halogens is 1. The Bertz CT molecular complexity index is 613. The van der Waals surface area contributed by atoms with Crippen molar-refractivity contribution in [3.8, 4) is 0 Å². The van der Waals surface area contributed by atoms with Crippen LogP contribution in [0.15, 0.2) is 30.3 Å². The molecule has 4 nitrogen and oxygen atoms in total. The lowest BCUT2D eigenvalue weighted by Crippen LogP contribution is -2.29. The van der Waals surface area contributed by atoms with Crippen LogP contribution in [0.2, 0.25) is 5.02 Å². The minimum absolute atomic E-state index is 0.282. The Balaban J connectivity index is 1.96. The largest absolute Gasteiger partial charge is 0.372 e. The summed E-state index contributed by atoms with van der Waals surface area (Å²) in [5.74, 6) is 4.84. The number of amides is 1. The smallest absolute Gasteiger partial charge is 0.275 e. The van der Waals surface area contributed by atoms with Crippen LogP contribution in [0.1, 0.15) is 25.7 Å². The standard InChI is InChI=1S/C14H15ClN2O2S/c1-9-11(6-13(20-9)14(18)17-16)8-19-7-10-4-2-3-5-12(10)15/h2-6H,7-8,16H2,1H3,(H,17,18). The van der Waals surface area contributed by atoms with E-state index in [1.165, 1.54) is 11.3 Å². The van der Waals surface area contributed by atoms with Crippen molar-refractivity contribution in [3.63, 3.8) is 0 Å². The maximum Gasteiger partial charge on any atom is 0.275 e. The number of thiophene rings is 1. The van der Waals surface area contributed by atoms with E-state index in [-0.39, 0.29) is 5.91 Å². The number of carbonyl (C=O) groups excluding carboxylic acids is 1. The number of hydrogen-bond acceptors (Lipinski definition) is 4. The number of nitrogens with two attached hydrogens (primary N) is 1. The van der Waals surface area contributed by atoms with Gasteiger partial charge in [0.05, 0.1) is 18.1 Å². The molecule has 3 N–H and O–H groups in total. The lowest BCUT2D eigenvalue weighted by atomic mass is 10.2. The highest BCUT2D eigenvalue weighted by Crippen LogP contribution is 2.23. The molecule has 20 heavy (non-hydrogen) atoms. The fourth-order valence-corrected chi connectivity index (χ4v) is 2.85. The van der Waals surface area contributed by atoms with Gasteiger partial charge in [0.15, 0.2) is 0 Å². The summed E-state index contributed by atoms with van der Waals surface area (Å²) in [5, 5.41) is 0.692. The topological polar surface area (TPSA) is 64.4 Å². The molecule has 1 amide bonds. The Labute approximate surface area is 126 Å². The number of rotatable bonds is 5. The van der Waals surface area contributed by atoms with Crippen LogP contribution in [0.5, 0.6) is 0 Å². The quantitative estimate of drug-likeness (QED) is 0.507. The van der Waals surface area contributed by atoms with Crippen LogP contribution in [-0.4, -0.2) is 5.91 Å². The third-order valence-electron chi connectivity index (χ3n) is 2.85. The minimum atomic E-state index is -0.282. The fraction of sp³-hybridized carbons (Fsp3) is 0.214. The first-order chi connectivity index (χ1) is 9.61. The molecule has 106 valence electrons. The van der Waals surface area contributed by atoms with Crippen molar-refractivity contribution in [2.24, 2.45) is 5.84 Å². The minimum Gasteiger partial charge on any atom is -0.372 e. The van der Waals surface area contributed by atoms with Gasteiger partial charge in [-0.3, -0.25) is 10.2 Å². The molecule has 0 saturated carbocycles. The number of hydrogen-bond donors (Lipinski definition) is 2. The first kappa shape index (κ1) is 15.0. The molecule has 0 saturated heterocycles. The molecule has 0 unspecified atom stereocenters. The normalized spacial score (nSPS) is 10.6. The van der Waals surface area contributed by atoms with Crippen molar-refractivity contribution in [1.82, 2.24) is 5.43 Å². The average molecular weight is 311 g/mol. The molecule has 0 aliphatic rings. The molecule has 6 heteroatoms. The van der Waals surface area contributed by atoms with Crippen LogP contribution in [0.3, 0.4) is 0 Å². The van der Waals surface area contributed by atoms with Crippen LogP contribution in [0.4, 0.5) is 0 Å². The highest BCUT2D eigenvalue weighted by atomic mass is 35.5.